The van der Waals surface area contributed by atoms with E-state index in [4.69, 9.17) is 22.1 Å². The number of aliphatic hydroxyl groups is 1. The number of hydrogen-bond acceptors (Lipinski definition) is 4. The Balaban J connectivity index is 0.000000885. The molecule has 0 heterocycles. The highest BCUT2D eigenvalue weighted by atomic mass is 32.1. The van der Waals surface area contributed by atoms with Crippen molar-refractivity contribution in [3.63, 3.8) is 0 Å². The molecule has 21 heavy (non-hydrogen) atoms. The van der Waals surface area contributed by atoms with Crippen LogP contribution in [-0.4, -0.2) is 46.8 Å². The maximum Gasteiger partial charge on any atom is 0.258 e. The molecule has 0 aromatic heterocycles. The second-order valence-electron chi connectivity index (χ2n) is 4.39. The molecule has 0 spiro atoms. The van der Waals surface area contributed by atoms with E-state index in [9.17, 15) is 4.79 Å². The maximum atomic E-state index is 11.8. The van der Waals surface area contributed by atoms with Gasteiger partial charge in [0.05, 0.1) is 6.61 Å². The van der Waals surface area contributed by atoms with Gasteiger partial charge in [-0.3, -0.25) is 4.79 Å². The van der Waals surface area contributed by atoms with Gasteiger partial charge in [-0.2, -0.15) is 0 Å². The summed E-state index contributed by atoms with van der Waals surface area (Å²) in [5.41, 5.74) is 6.21. The number of ether oxygens (including phenoxy) is 1. The van der Waals surface area contributed by atoms with E-state index >= 15 is 0 Å². The van der Waals surface area contributed by atoms with Crippen LogP contribution in [0.5, 0.6) is 0 Å². The first-order valence-corrected chi connectivity index (χ1v) is 6.98. The van der Waals surface area contributed by atoms with Gasteiger partial charge in [0.15, 0.2) is 5.78 Å². The molecule has 0 aliphatic heterocycles. The van der Waals surface area contributed by atoms with Crippen LogP contribution >= 0.6 is 24.4 Å². The van der Waals surface area contributed by atoms with Gasteiger partial charge in [-0.15, -0.1) is 0 Å². The van der Waals surface area contributed by atoms with Crippen LogP contribution in [0.1, 0.15) is 22.3 Å². The fourth-order valence-electron chi connectivity index (χ4n) is 1.32. The van der Waals surface area contributed by atoms with E-state index in [1.807, 2.05) is 45.3 Å². The van der Waals surface area contributed by atoms with Crippen molar-refractivity contribution in [1.29, 1.82) is 0 Å². The number of carbonyl (C=O) groups excluding carboxylic acids is 1. The van der Waals surface area contributed by atoms with Crippen LogP contribution in [0.3, 0.4) is 0 Å². The topological polar surface area (TPSA) is 75.8 Å². The Morgan fingerprint density at radius 1 is 1.38 bits per heavy atom. The molecule has 1 aromatic rings. The number of thiocarbonyl (C=S) groups is 2. The van der Waals surface area contributed by atoms with E-state index in [-0.39, 0.29) is 5.78 Å². The summed E-state index contributed by atoms with van der Waals surface area (Å²) in [6.07, 6.45) is 0.345. The number of aliphatic hydroxyl groups excluding tert-OH is 1. The molecule has 5 nitrogen and oxygen atoms in total. The van der Waals surface area contributed by atoms with Crippen molar-refractivity contribution in [2.75, 3.05) is 20.7 Å². The quantitative estimate of drug-likeness (QED) is 0.648. The first-order valence-electron chi connectivity index (χ1n) is 6.16. The molecular formula is C14H20N2O3S2. The average Bonchev–Trinajstić information content (AvgIpc) is 2.37. The van der Waals surface area contributed by atoms with E-state index in [0.29, 0.717) is 18.2 Å². The first kappa shape index (κ1) is 19.3. The maximum absolute atomic E-state index is 11.8. The van der Waals surface area contributed by atoms with Gasteiger partial charge in [-0.25, -0.2) is 0 Å². The fraction of sp³-hybridized carbons (Fsp3) is 0.357. The lowest BCUT2D eigenvalue weighted by Gasteiger charge is -2.13. The van der Waals surface area contributed by atoms with Crippen LogP contribution < -0.4 is 5.73 Å². The third kappa shape index (κ3) is 9.75. The van der Waals surface area contributed by atoms with Crippen LogP contribution in [0.15, 0.2) is 24.3 Å². The van der Waals surface area contributed by atoms with E-state index in [1.54, 1.807) is 4.90 Å². The Bertz CT molecular complexity index is 501. The van der Waals surface area contributed by atoms with Crippen molar-refractivity contribution in [3.8, 4) is 0 Å². The fourth-order valence-corrected chi connectivity index (χ4v) is 1.41. The largest absolute Gasteiger partial charge is 0.487 e. The number of hydrogen-bond donors (Lipinski definition) is 2. The normalized spacial score (nSPS) is 9.10. The van der Waals surface area contributed by atoms with Crippen molar-refractivity contribution in [2.24, 2.45) is 5.73 Å². The molecule has 0 aliphatic rings. The van der Waals surface area contributed by atoms with Gasteiger partial charge in [0.1, 0.15) is 0 Å². The number of rotatable bonds is 4. The van der Waals surface area contributed by atoms with Gasteiger partial charge >= 0.3 is 0 Å². The van der Waals surface area contributed by atoms with Gasteiger partial charge in [-0.05, 0) is 37.4 Å². The van der Waals surface area contributed by atoms with Crippen LogP contribution in [0, 0.1) is 6.92 Å². The van der Waals surface area contributed by atoms with Crippen LogP contribution in [-0.2, 0) is 4.74 Å². The molecular weight excluding hydrogens is 308 g/mol. The lowest BCUT2D eigenvalue weighted by molar-refractivity contribution is 0.0956. The molecule has 3 N–H and O–H groups in total. The number of aryl methyl sites for hydroxylation is 1. The first-order chi connectivity index (χ1) is 9.73. The number of nitrogens with two attached hydrogens (primary N) is 1. The second-order valence-corrected chi connectivity index (χ2v) is 5.16. The summed E-state index contributed by atoms with van der Waals surface area (Å²) < 4.78 is 5.26. The smallest absolute Gasteiger partial charge is 0.258 e. The Kier molecular flexibility index (Phi) is 9.23. The van der Waals surface area contributed by atoms with Gasteiger partial charge in [0.2, 0.25) is 0 Å². The minimum atomic E-state index is -0.500. The summed E-state index contributed by atoms with van der Waals surface area (Å²) in [5.74, 6) is 0.0789. The van der Waals surface area contributed by atoms with E-state index in [2.05, 4.69) is 18.0 Å². The van der Waals surface area contributed by atoms with Gasteiger partial charge in [0.25, 0.3) is 10.3 Å². The van der Waals surface area contributed by atoms with Crippen LogP contribution in [0.4, 0.5) is 0 Å². The molecule has 0 fully saturated rings. The monoisotopic (exact) mass is 328 g/mol. The predicted octanol–water partition coefficient (Wildman–Crippen LogP) is 2.22. The Morgan fingerprint density at radius 3 is 2.43 bits per heavy atom. The van der Waals surface area contributed by atoms with Crippen molar-refractivity contribution >= 4 is 40.6 Å². The molecule has 0 saturated heterocycles. The highest BCUT2D eigenvalue weighted by Crippen LogP contribution is 2.07. The van der Waals surface area contributed by atoms with E-state index in [0.717, 1.165) is 11.1 Å². The highest BCUT2D eigenvalue weighted by molar-refractivity contribution is 7.80. The molecule has 0 radical (unpaired) electrons. The molecule has 0 unspecified atom stereocenters. The molecule has 0 amide bonds. The molecule has 0 atom stereocenters. The highest BCUT2D eigenvalue weighted by Gasteiger charge is 2.07. The third-order valence-corrected chi connectivity index (χ3v) is 2.74. The average molecular weight is 328 g/mol. The van der Waals surface area contributed by atoms with E-state index in [1.165, 1.54) is 0 Å². The van der Waals surface area contributed by atoms with Crippen molar-refractivity contribution < 1.29 is 14.6 Å². The Labute approximate surface area is 135 Å². The zero-order valence-corrected chi connectivity index (χ0v) is 14.0. The zero-order chi connectivity index (χ0) is 16.4. The van der Waals surface area contributed by atoms with Crippen molar-refractivity contribution in [2.45, 2.75) is 13.3 Å². The minimum absolute atomic E-state index is 0.0789. The zero-order valence-electron chi connectivity index (χ0n) is 12.3. The second kappa shape index (κ2) is 10.1. The summed E-state index contributed by atoms with van der Waals surface area (Å²) in [6.45, 7) is 2.29. The van der Waals surface area contributed by atoms with Gasteiger partial charge < -0.3 is 20.5 Å². The number of ketones is 1. The Hall–Kier alpha value is -1.73. The molecule has 116 valence electrons. The molecule has 7 heteroatoms. The number of benzene rings is 1. The molecule has 0 bridgehead atoms. The van der Waals surface area contributed by atoms with Gasteiger partial charge in [-0.1, -0.05) is 23.8 Å². The lowest BCUT2D eigenvalue weighted by atomic mass is 10.1. The van der Waals surface area contributed by atoms with Crippen molar-refractivity contribution in [3.05, 3.63) is 35.4 Å². The molecule has 0 aliphatic carbocycles. The lowest BCUT2D eigenvalue weighted by Crippen LogP contribution is -2.23. The number of nitrogens with zero attached hydrogens (tertiary/aromatic N) is 1. The number of carbonyl (C=O) groups is 1. The standard InChI is InChI=1S/C13H17NO2S.CH3NOS/c1-10-5-4-6-11(9-10)12(15)7-8-16-13(17)14(2)3;2-1(3)4/h4-6,9H,7-8H2,1-3H3;(H3,2,3,4). The summed E-state index contributed by atoms with van der Waals surface area (Å²) in [5, 5.41) is 7.47. The number of Topliss-reactive ketones (excluding diaryl/α,β-unsaturated/α-hetero) is 1. The summed E-state index contributed by atoms with van der Waals surface area (Å²) in [7, 11) is 3.62. The van der Waals surface area contributed by atoms with Crippen LogP contribution in [0.2, 0.25) is 0 Å². The molecule has 1 rings (SSSR count). The Morgan fingerprint density at radius 2 is 1.95 bits per heavy atom. The predicted molar refractivity (Wildman–Crippen MR) is 91.8 cm³/mol. The summed E-state index contributed by atoms with van der Waals surface area (Å²) in [4.78, 5) is 13.5. The van der Waals surface area contributed by atoms with E-state index < -0.39 is 5.17 Å². The molecule has 1 aromatic carbocycles. The van der Waals surface area contributed by atoms with Crippen molar-refractivity contribution in [1.82, 2.24) is 4.90 Å². The van der Waals surface area contributed by atoms with Gasteiger partial charge in [0, 0.05) is 26.1 Å². The summed E-state index contributed by atoms with van der Waals surface area (Å²) in [6, 6.07) is 7.55. The summed E-state index contributed by atoms with van der Waals surface area (Å²) >= 11 is 8.83. The minimum Gasteiger partial charge on any atom is -0.487 e. The molecule has 0 saturated carbocycles. The third-order valence-electron chi connectivity index (χ3n) is 2.26. The van der Waals surface area contributed by atoms with Crippen LogP contribution in [0.25, 0.3) is 0 Å². The SMILES string of the molecule is Cc1cccc(C(=O)CCOC(=S)N(C)C)c1.NC(O)=S.